The zero-order valence-corrected chi connectivity index (χ0v) is 13.4. The highest BCUT2D eigenvalue weighted by Crippen LogP contribution is 2.17. The molecule has 1 heterocycles. The minimum atomic E-state index is -0.150. The maximum absolute atomic E-state index is 12.4. The summed E-state index contributed by atoms with van der Waals surface area (Å²) in [6.07, 6.45) is 0. The lowest BCUT2D eigenvalue weighted by molar-refractivity contribution is 0.0951. The van der Waals surface area contributed by atoms with Crippen molar-refractivity contribution < 1.29 is 9.53 Å². The predicted molar refractivity (Wildman–Crippen MR) is 88.4 cm³/mol. The Bertz CT molecular complexity index is 842. The molecule has 0 spiro atoms. The van der Waals surface area contributed by atoms with Gasteiger partial charge in [-0.3, -0.25) is 4.79 Å². The number of carbonyl (C=O) groups excluding carboxylic acids is 1. The number of aromatic nitrogens is 4. The minimum absolute atomic E-state index is 0.150. The number of nitrogens with one attached hydrogen (secondary N) is 1. The number of rotatable bonds is 5. The maximum atomic E-state index is 12.4. The van der Waals surface area contributed by atoms with Crippen molar-refractivity contribution in [1.29, 1.82) is 0 Å². The normalized spacial score (nSPS) is 10.4. The number of carbonyl (C=O) groups is 1. The average molecular weight is 323 g/mol. The monoisotopic (exact) mass is 323 g/mol. The number of ether oxygens (including phenoxy) is 1. The van der Waals surface area contributed by atoms with Crippen molar-refractivity contribution in [1.82, 2.24) is 25.5 Å². The zero-order chi connectivity index (χ0) is 16.9. The topological polar surface area (TPSA) is 81.9 Å². The minimum Gasteiger partial charge on any atom is -0.497 e. The van der Waals surface area contributed by atoms with Crippen LogP contribution in [0.2, 0.25) is 0 Å². The van der Waals surface area contributed by atoms with E-state index in [0.29, 0.717) is 17.9 Å². The second-order valence-corrected chi connectivity index (χ2v) is 5.24. The molecule has 0 saturated heterocycles. The molecule has 0 aliphatic carbocycles. The first-order valence-corrected chi connectivity index (χ1v) is 7.41. The van der Waals surface area contributed by atoms with Gasteiger partial charge in [-0.05, 0) is 40.3 Å². The van der Waals surface area contributed by atoms with Gasteiger partial charge in [0.05, 0.1) is 7.11 Å². The summed E-state index contributed by atoms with van der Waals surface area (Å²) in [5, 5.41) is 14.3. The molecule has 1 aromatic heterocycles. The van der Waals surface area contributed by atoms with Crippen molar-refractivity contribution in [2.75, 3.05) is 7.11 Å². The molecule has 2 aromatic carbocycles. The van der Waals surface area contributed by atoms with Gasteiger partial charge < -0.3 is 10.1 Å². The number of benzene rings is 2. The molecule has 0 unspecified atom stereocenters. The van der Waals surface area contributed by atoms with Crippen molar-refractivity contribution in [2.24, 2.45) is 7.05 Å². The summed E-state index contributed by atoms with van der Waals surface area (Å²) >= 11 is 0. The van der Waals surface area contributed by atoms with Crippen LogP contribution in [-0.2, 0) is 13.6 Å². The summed E-state index contributed by atoms with van der Waals surface area (Å²) in [5.41, 5.74) is 2.35. The Morgan fingerprint density at radius 1 is 1.21 bits per heavy atom. The molecule has 0 bridgehead atoms. The number of methoxy groups -OCH3 is 1. The summed E-state index contributed by atoms with van der Waals surface area (Å²) in [7, 11) is 3.38. The molecule has 122 valence electrons. The van der Waals surface area contributed by atoms with E-state index in [9.17, 15) is 4.79 Å². The Morgan fingerprint density at radius 2 is 2.00 bits per heavy atom. The van der Waals surface area contributed by atoms with Crippen LogP contribution >= 0.6 is 0 Å². The summed E-state index contributed by atoms with van der Waals surface area (Å²) in [5.74, 6) is 1.25. The molecule has 7 nitrogen and oxygen atoms in total. The van der Waals surface area contributed by atoms with Crippen molar-refractivity contribution in [3.63, 3.8) is 0 Å². The van der Waals surface area contributed by atoms with E-state index in [2.05, 4.69) is 20.8 Å². The first-order valence-electron chi connectivity index (χ1n) is 7.41. The Kier molecular flexibility index (Phi) is 4.51. The molecule has 1 N–H and O–H groups in total. The van der Waals surface area contributed by atoms with E-state index in [1.807, 2.05) is 36.4 Å². The quantitative estimate of drug-likeness (QED) is 0.774. The Hall–Kier alpha value is -3.22. The van der Waals surface area contributed by atoms with Crippen LogP contribution in [0.25, 0.3) is 11.4 Å². The summed E-state index contributed by atoms with van der Waals surface area (Å²) in [6, 6.07) is 14.8. The van der Waals surface area contributed by atoms with Crippen LogP contribution in [0.3, 0.4) is 0 Å². The number of tetrazole rings is 1. The van der Waals surface area contributed by atoms with Gasteiger partial charge in [0, 0.05) is 24.7 Å². The van der Waals surface area contributed by atoms with Crippen LogP contribution in [0.1, 0.15) is 15.9 Å². The van der Waals surface area contributed by atoms with Gasteiger partial charge in [0.15, 0.2) is 5.82 Å². The molecule has 0 fully saturated rings. The van der Waals surface area contributed by atoms with Crippen molar-refractivity contribution >= 4 is 5.91 Å². The first kappa shape index (κ1) is 15.7. The lowest BCUT2D eigenvalue weighted by Gasteiger charge is -2.07. The second-order valence-electron chi connectivity index (χ2n) is 5.24. The first-order chi connectivity index (χ1) is 11.7. The number of hydrogen-bond acceptors (Lipinski definition) is 5. The highest BCUT2D eigenvalue weighted by atomic mass is 16.5. The molecule has 3 aromatic rings. The fraction of sp³-hybridized carbons (Fsp3) is 0.176. The third-order valence-electron chi connectivity index (χ3n) is 3.62. The van der Waals surface area contributed by atoms with Gasteiger partial charge in [-0.15, -0.1) is 5.10 Å². The molecule has 0 aliphatic rings. The third-order valence-corrected chi connectivity index (χ3v) is 3.62. The third kappa shape index (κ3) is 3.40. The van der Waals surface area contributed by atoms with Crippen molar-refractivity contribution in [3.05, 3.63) is 59.7 Å². The summed E-state index contributed by atoms with van der Waals surface area (Å²) in [4.78, 5) is 12.4. The molecular weight excluding hydrogens is 306 g/mol. The van der Waals surface area contributed by atoms with Crippen LogP contribution in [-0.4, -0.2) is 33.2 Å². The van der Waals surface area contributed by atoms with Crippen LogP contribution in [0.4, 0.5) is 0 Å². The van der Waals surface area contributed by atoms with E-state index in [0.717, 1.165) is 16.9 Å². The van der Waals surface area contributed by atoms with E-state index in [1.165, 1.54) is 0 Å². The van der Waals surface area contributed by atoms with Gasteiger partial charge in [-0.2, -0.15) is 0 Å². The molecule has 0 saturated carbocycles. The summed E-state index contributed by atoms with van der Waals surface area (Å²) in [6.45, 7) is 0.443. The smallest absolute Gasteiger partial charge is 0.251 e. The highest BCUT2D eigenvalue weighted by molar-refractivity contribution is 5.95. The van der Waals surface area contributed by atoms with Crippen molar-refractivity contribution in [2.45, 2.75) is 6.54 Å². The lowest BCUT2D eigenvalue weighted by atomic mass is 10.1. The van der Waals surface area contributed by atoms with Crippen LogP contribution in [0.5, 0.6) is 5.75 Å². The summed E-state index contributed by atoms with van der Waals surface area (Å²) < 4.78 is 6.68. The van der Waals surface area contributed by atoms with E-state index in [-0.39, 0.29) is 5.91 Å². The average Bonchev–Trinajstić information content (AvgIpc) is 3.06. The standard InChI is InChI=1S/C17H17N5O2/c1-22-16(19-20-21-22)13-4-3-5-14(10-13)17(23)18-11-12-6-8-15(24-2)9-7-12/h3-10H,11H2,1-2H3,(H,18,23). The molecule has 0 radical (unpaired) electrons. The van der Waals surface area contributed by atoms with Crippen molar-refractivity contribution in [3.8, 4) is 17.1 Å². The SMILES string of the molecule is COc1ccc(CNC(=O)c2cccc(-c3nnnn3C)c2)cc1. The van der Waals surface area contributed by atoms with E-state index >= 15 is 0 Å². The number of amides is 1. The fourth-order valence-electron chi connectivity index (χ4n) is 2.30. The number of nitrogens with zero attached hydrogens (tertiary/aromatic N) is 4. The Balaban J connectivity index is 1.70. The van der Waals surface area contributed by atoms with Gasteiger partial charge in [0.1, 0.15) is 5.75 Å². The molecule has 7 heteroatoms. The molecule has 1 amide bonds. The predicted octanol–water partition coefficient (Wildman–Crippen LogP) is 1.82. The zero-order valence-electron chi connectivity index (χ0n) is 13.4. The van der Waals surface area contributed by atoms with Gasteiger partial charge in [-0.25, -0.2) is 4.68 Å². The molecule has 0 aliphatic heterocycles. The fourth-order valence-corrected chi connectivity index (χ4v) is 2.30. The molecule has 24 heavy (non-hydrogen) atoms. The van der Waals surface area contributed by atoms with Crippen LogP contribution in [0, 0.1) is 0 Å². The number of hydrogen-bond donors (Lipinski definition) is 1. The molecular formula is C17H17N5O2. The Morgan fingerprint density at radius 3 is 2.67 bits per heavy atom. The maximum Gasteiger partial charge on any atom is 0.251 e. The Labute approximate surface area is 139 Å². The van der Waals surface area contributed by atoms with E-state index in [1.54, 1.807) is 31.0 Å². The molecule has 0 atom stereocenters. The van der Waals surface area contributed by atoms with Gasteiger partial charge >= 0.3 is 0 Å². The molecule has 3 rings (SSSR count). The largest absolute Gasteiger partial charge is 0.497 e. The van der Waals surface area contributed by atoms with Gasteiger partial charge in [0.25, 0.3) is 5.91 Å². The van der Waals surface area contributed by atoms with E-state index < -0.39 is 0 Å². The van der Waals surface area contributed by atoms with Gasteiger partial charge in [-0.1, -0.05) is 24.3 Å². The van der Waals surface area contributed by atoms with Gasteiger partial charge in [0.2, 0.25) is 0 Å². The van der Waals surface area contributed by atoms with E-state index in [4.69, 9.17) is 4.74 Å². The lowest BCUT2D eigenvalue weighted by Crippen LogP contribution is -2.22. The number of aryl methyl sites for hydroxylation is 1. The second kappa shape index (κ2) is 6.91. The highest BCUT2D eigenvalue weighted by Gasteiger charge is 2.10. The van der Waals surface area contributed by atoms with Crippen LogP contribution < -0.4 is 10.1 Å². The van der Waals surface area contributed by atoms with Crippen LogP contribution in [0.15, 0.2) is 48.5 Å².